The lowest BCUT2D eigenvalue weighted by Gasteiger charge is -2.11. The fraction of sp³-hybridized carbons (Fsp3) is 0.533. The second-order valence-corrected chi connectivity index (χ2v) is 4.88. The maximum absolute atomic E-state index is 9.81. The second kappa shape index (κ2) is 7.33. The highest BCUT2D eigenvalue weighted by atomic mass is 16.3. The summed E-state index contributed by atoms with van der Waals surface area (Å²) in [5, 5.41) is 19.4. The number of phenols is 1. The Bertz CT molecular complexity index is 320. The average Bonchev–Trinajstić information content (AvgIpc) is 2.27. The van der Waals surface area contributed by atoms with E-state index < -0.39 is 0 Å². The number of para-hydroxylation sites is 1. The van der Waals surface area contributed by atoms with Gasteiger partial charge in [0.1, 0.15) is 5.75 Å². The van der Waals surface area contributed by atoms with Gasteiger partial charge in [-0.25, -0.2) is 0 Å². The van der Waals surface area contributed by atoms with Crippen molar-refractivity contribution in [3.05, 3.63) is 36.2 Å². The summed E-state index contributed by atoms with van der Waals surface area (Å²) in [6, 6.07) is 7.32. The quantitative estimate of drug-likeness (QED) is 0.761. The van der Waals surface area contributed by atoms with Gasteiger partial charge in [0.15, 0.2) is 0 Å². The van der Waals surface area contributed by atoms with Crippen LogP contribution in [0.15, 0.2) is 24.3 Å². The molecule has 0 bridgehead atoms. The Kier molecular flexibility index (Phi) is 6.06. The third-order valence-electron chi connectivity index (χ3n) is 2.88. The van der Waals surface area contributed by atoms with Gasteiger partial charge in [-0.3, -0.25) is 0 Å². The Morgan fingerprint density at radius 2 is 1.88 bits per heavy atom. The lowest BCUT2D eigenvalue weighted by Crippen LogP contribution is -2.08. The molecule has 0 aliphatic heterocycles. The molecule has 2 N–H and O–H groups in total. The minimum atomic E-state index is -0.274. The summed E-state index contributed by atoms with van der Waals surface area (Å²) in [4.78, 5) is 0. The fourth-order valence-corrected chi connectivity index (χ4v) is 1.81. The highest BCUT2D eigenvalue weighted by Gasteiger charge is 2.07. The molecule has 0 aliphatic rings. The van der Waals surface area contributed by atoms with Crippen LogP contribution >= 0.6 is 0 Å². The number of hydrogen-bond donors (Lipinski definition) is 2. The molecule has 0 spiro atoms. The van der Waals surface area contributed by atoms with E-state index in [-0.39, 0.29) is 6.10 Å². The normalized spacial score (nSPS) is 12.9. The molecule has 17 heavy (non-hydrogen) atoms. The maximum atomic E-state index is 9.81. The number of phenolic OH excluding ortho intramolecular Hbond substituents is 1. The van der Waals surface area contributed by atoms with E-state index in [4.69, 9.17) is 0 Å². The molecular weight excluding hydrogens is 212 g/mol. The third-order valence-corrected chi connectivity index (χ3v) is 2.88. The highest BCUT2D eigenvalue weighted by Crippen LogP contribution is 2.19. The smallest absolute Gasteiger partial charge is 0.118 e. The fourth-order valence-electron chi connectivity index (χ4n) is 1.81. The van der Waals surface area contributed by atoms with Crippen LogP contribution in [0.4, 0.5) is 0 Å². The van der Waals surface area contributed by atoms with Crippen molar-refractivity contribution in [2.45, 2.75) is 45.6 Å². The van der Waals surface area contributed by atoms with Crippen molar-refractivity contribution >= 4 is 0 Å². The SMILES string of the molecule is CC(C)[CH]CCC(O)CCc1ccccc1O. The van der Waals surface area contributed by atoms with Crippen molar-refractivity contribution in [2.75, 3.05) is 0 Å². The number of rotatable bonds is 7. The Morgan fingerprint density at radius 3 is 2.53 bits per heavy atom. The van der Waals surface area contributed by atoms with E-state index in [0.717, 1.165) is 24.8 Å². The van der Waals surface area contributed by atoms with E-state index in [0.29, 0.717) is 18.1 Å². The predicted octanol–water partition coefficient (Wildman–Crippen LogP) is 3.33. The van der Waals surface area contributed by atoms with Crippen molar-refractivity contribution in [1.82, 2.24) is 0 Å². The molecule has 2 nitrogen and oxygen atoms in total. The van der Waals surface area contributed by atoms with E-state index in [1.54, 1.807) is 6.07 Å². The van der Waals surface area contributed by atoms with Gasteiger partial charge >= 0.3 is 0 Å². The topological polar surface area (TPSA) is 40.5 Å². The lowest BCUT2D eigenvalue weighted by atomic mass is 10.00. The standard InChI is InChI=1S/C15H23O2/c1-12(2)6-5-8-14(16)11-10-13-7-3-4-9-15(13)17/h3-4,6-7,9,12,14,16-17H,5,8,10-11H2,1-2H3. The van der Waals surface area contributed by atoms with Gasteiger partial charge in [0.2, 0.25) is 0 Å². The van der Waals surface area contributed by atoms with Gasteiger partial charge in [-0.1, -0.05) is 32.0 Å². The van der Waals surface area contributed by atoms with Crippen molar-refractivity contribution in [2.24, 2.45) is 5.92 Å². The first-order valence-electron chi connectivity index (χ1n) is 6.38. The minimum Gasteiger partial charge on any atom is -0.508 e. The first-order valence-corrected chi connectivity index (χ1v) is 6.38. The number of aromatic hydroxyl groups is 1. The largest absolute Gasteiger partial charge is 0.508 e. The summed E-state index contributed by atoms with van der Waals surface area (Å²) in [5.74, 6) is 0.911. The van der Waals surface area contributed by atoms with Gasteiger partial charge in [-0.2, -0.15) is 0 Å². The summed E-state index contributed by atoms with van der Waals surface area (Å²) in [6.45, 7) is 4.29. The molecule has 1 radical (unpaired) electrons. The molecule has 0 saturated carbocycles. The molecule has 0 aliphatic carbocycles. The molecular formula is C15H23O2. The van der Waals surface area contributed by atoms with Crippen molar-refractivity contribution in [3.63, 3.8) is 0 Å². The maximum Gasteiger partial charge on any atom is 0.118 e. The zero-order chi connectivity index (χ0) is 12.7. The molecule has 1 aromatic rings. The second-order valence-electron chi connectivity index (χ2n) is 4.88. The molecule has 0 amide bonds. The Morgan fingerprint density at radius 1 is 1.18 bits per heavy atom. The summed E-state index contributed by atoms with van der Waals surface area (Å²) >= 11 is 0. The zero-order valence-corrected chi connectivity index (χ0v) is 10.8. The van der Waals surface area contributed by atoms with Gasteiger partial charge < -0.3 is 10.2 Å². The molecule has 1 unspecified atom stereocenters. The monoisotopic (exact) mass is 235 g/mol. The molecule has 0 aromatic heterocycles. The molecule has 2 heteroatoms. The Labute approximate surface area is 104 Å². The molecule has 0 fully saturated rings. The number of hydrogen-bond acceptors (Lipinski definition) is 2. The van der Waals surface area contributed by atoms with Crippen LogP contribution in [-0.4, -0.2) is 16.3 Å². The highest BCUT2D eigenvalue weighted by molar-refractivity contribution is 5.31. The van der Waals surface area contributed by atoms with Gasteiger partial charge in [-0.05, 0) is 49.7 Å². The number of aliphatic hydroxyl groups excluding tert-OH is 1. The van der Waals surface area contributed by atoms with E-state index >= 15 is 0 Å². The molecule has 0 heterocycles. The van der Waals surface area contributed by atoms with Gasteiger partial charge in [0.05, 0.1) is 6.10 Å². The number of aliphatic hydroxyl groups is 1. The van der Waals surface area contributed by atoms with Gasteiger partial charge in [-0.15, -0.1) is 0 Å². The molecule has 1 aromatic carbocycles. The number of aryl methyl sites for hydroxylation is 1. The van der Waals surface area contributed by atoms with Crippen LogP contribution < -0.4 is 0 Å². The first kappa shape index (κ1) is 14.0. The zero-order valence-electron chi connectivity index (χ0n) is 10.8. The molecule has 1 atom stereocenters. The van der Waals surface area contributed by atoms with E-state index in [2.05, 4.69) is 20.3 Å². The van der Waals surface area contributed by atoms with Crippen LogP contribution in [0.5, 0.6) is 5.75 Å². The predicted molar refractivity (Wildman–Crippen MR) is 70.8 cm³/mol. The van der Waals surface area contributed by atoms with Gasteiger partial charge in [0, 0.05) is 0 Å². The summed E-state index contributed by atoms with van der Waals surface area (Å²) in [7, 11) is 0. The van der Waals surface area contributed by atoms with Crippen LogP contribution in [0, 0.1) is 12.3 Å². The Hall–Kier alpha value is -1.02. The van der Waals surface area contributed by atoms with Crippen molar-refractivity contribution < 1.29 is 10.2 Å². The summed E-state index contributed by atoms with van der Waals surface area (Å²) in [5.41, 5.74) is 0.916. The molecule has 95 valence electrons. The van der Waals surface area contributed by atoms with E-state index in [9.17, 15) is 10.2 Å². The summed E-state index contributed by atoms with van der Waals surface area (Å²) < 4.78 is 0. The minimum absolute atomic E-state index is 0.274. The summed E-state index contributed by atoms with van der Waals surface area (Å²) in [6.07, 6.45) is 5.16. The molecule has 1 rings (SSSR count). The first-order chi connectivity index (χ1) is 8.09. The van der Waals surface area contributed by atoms with Crippen molar-refractivity contribution in [1.29, 1.82) is 0 Å². The average molecular weight is 235 g/mol. The number of benzene rings is 1. The van der Waals surface area contributed by atoms with Crippen LogP contribution in [0.1, 0.15) is 38.7 Å². The van der Waals surface area contributed by atoms with E-state index in [1.165, 1.54) is 0 Å². The van der Waals surface area contributed by atoms with Crippen LogP contribution in [0.25, 0.3) is 0 Å². The van der Waals surface area contributed by atoms with Crippen LogP contribution in [0.2, 0.25) is 0 Å². The van der Waals surface area contributed by atoms with E-state index in [1.807, 2.05) is 18.2 Å². The van der Waals surface area contributed by atoms with Crippen LogP contribution in [-0.2, 0) is 6.42 Å². The Balaban J connectivity index is 2.24. The lowest BCUT2D eigenvalue weighted by molar-refractivity contribution is 0.154. The molecule has 0 saturated heterocycles. The third kappa shape index (κ3) is 5.73. The van der Waals surface area contributed by atoms with Crippen LogP contribution in [0.3, 0.4) is 0 Å². The van der Waals surface area contributed by atoms with Crippen molar-refractivity contribution in [3.8, 4) is 5.75 Å². The van der Waals surface area contributed by atoms with Gasteiger partial charge in [0.25, 0.3) is 0 Å².